The van der Waals surface area contributed by atoms with Crippen molar-refractivity contribution in [1.82, 2.24) is 0 Å². The Morgan fingerprint density at radius 2 is 1.80 bits per heavy atom. The fraction of sp³-hybridized carbons (Fsp3) is 0.300. The molecule has 1 saturated heterocycles. The molecule has 0 aliphatic carbocycles. The molecule has 5 heteroatoms. The molecule has 0 bridgehead atoms. The first-order valence-corrected chi connectivity index (χ1v) is 8.47. The van der Waals surface area contributed by atoms with E-state index in [0.29, 0.717) is 12.2 Å². The molecule has 0 radical (unpaired) electrons. The standard InChI is InChI=1S/C20H21NO4/c1-2-25-18-8-5-13-21(18)15-11-9-14(10-12-15)19(22)16-6-3-4-7-17(16)20(23)24/h3-4,6-7,9-12,18H,2,5,8,13H2,1H3,(H,23,24). The van der Waals surface area contributed by atoms with Gasteiger partial charge in [0.1, 0.15) is 6.23 Å². The highest BCUT2D eigenvalue weighted by Gasteiger charge is 2.25. The molecule has 1 atom stereocenters. The number of anilines is 1. The lowest BCUT2D eigenvalue weighted by molar-refractivity contribution is 0.0691. The molecule has 1 fully saturated rings. The molecular weight excluding hydrogens is 318 g/mol. The molecule has 1 unspecified atom stereocenters. The van der Waals surface area contributed by atoms with Gasteiger partial charge >= 0.3 is 5.97 Å². The molecule has 25 heavy (non-hydrogen) atoms. The SMILES string of the molecule is CCOC1CCCN1c1ccc(C(=O)c2ccccc2C(=O)O)cc1. The average Bonchev–Trinajstić information content (AvgIpc) is 3.10. The van der Waals surface area contributed by atoms with Crippen LogP contribution in [0.2, 0.25) is 0 Å². The quantitative estimate of drug-likeness (QED) is 0.815. The molecule has 1 aliphatic rings. The summed E-state index contributed by atoms with van der Waals surface area (Å²) in [5.41, 5.74) is 1.72. The minimum absolute atomic E-state index is 0.0209. The van der Waals surface area contributed by atoms with E-state index in [9.17, 15) is 14.7 Å². The second kappa shape index (κ2) is 7.49. The maximum atomic E-state index is 12.7. The molecule has 3 rings (SSSR count). The zero-order valence-electron chi connectivity index (χ0n) is 14.1. The van der Waals surface area contributed by atoms with Crippen molar-refractivity contribution in [3.8, 4) is 0 Å². The molecule has 0 saturated carbocycles. The smallest absolute Gasteiger partial charge is 0.336 e. The number of carbonyl (C=O) groups is 2. The number of carboxylic acid groups (broad SMARTS) is 1. The van der Waals surface area contributed by atoms with Crippen molar-refractivity contribution in [3.05, 3.63) is 65.2 Å². The van der Waals surface area contributed by atoms with Crippen LogP contribution in [0.3, 0.4) is 0 Å². The van der Waals surface area contributed by atoms with Gasteiger partial charge in [-0.05, 0) is 50.1 Å². The normalized spacial score (nSPS) is 16.8. The van der Waals surface area contributed by atoms with Crippen molar-refractivity contribution in [2.45, 2.75) is 26.0 Å². The van der Waals surface area contributed by atoms with Crippen molar-refractivity contribution < 1.29 is 19.4 Å². The number of ether oxygens (including phenoxy) is 1. The third-order valence-corrected chi connectivity index (χ3v) is 4.42. The first-order chi connectivity index (χ1) is 12.1. The number of carboxylic acids is 1. The number of hydrogen-bond donors (Lipinski definition) is 1. The summed E-state index contributed by atoms with van der Waals surface area (Å²) in [5, 5.41) is 9.26. The Labute approximate surface area is 146 Å². The summed E-state index contributed by atoms with van der Waals surface area (Å²) >= 11 is 0. The third-order valence-electron chi connectivity index (χ3n) is 4.42. The van der Waals surface area contributed by atoms with Gasteiger partial charge in [0.05, 0.1) is 5.56 Å². The fourth-order valence-electron chi connectivity index (χ4n) is 3.22. The van der Waals surface area contributed by atoms with E-state index in [-0.39, 0.29) is 23.1 Å². The lowest BCUT2D eigenvalue weighted by Gasteiger charge is -2.26. The van der Waals surface area contributed by atoms with E-state index >= 15 is 0 Å². The van der Waals surface area contributed by atoms with Crippen LogP contribution in [0, 0.1) is 0 Å². The van der Waals surface area contributed by atoms with Crippen molar-refractivity contribution in [3.63, 3.8) is 0 Å². The van der Waals surface area contributed by atoms with Crippen LogP contribution in [-0.2, 0) is 4.74 Å². The van der Waals surface area contributed by atoms with Crippen LogP contribution in [0.25, 0.3) is 0 Å². The Morgan fingerprint density at radius 3 is 2.44 bits per heavy atom. The second-order valence-corrected chi connectivity index (χ2v) is 5.97. The summed E-state index contributed by atoms with van der Waals surface area (Å²) in [5.74, 6) is -1.38. The summed E-state index contributed by atoms with van der Waals surface area (Å²) in [6, 6.07) is 13.6. The monoisotopic (exact) mass is 339 g/mol. The van der Waals surface area contributed by atoms with E-state index in [1.165, 1.54) is 6.07 Å². The van der Waals surface area contributed by atoms with E-state index in [1.807, 2.05) is 19.1 Å². The second-order valence-electron chi connectivity index (χ2n) is 5.97. The Morgan fingerprint density at radius 1 is 1.12 bits per heavy atom. The highest BCUT2D eigenvalue weighted by Crippen LogP contribution is 2.27. The molecule has 2 aromatic rings. The van der Waals surface area contributed by atoms with Crippen LogP contribution in [0.1, 0.15) is 46.0 Å². The van der Waals surface area contributed by atoms with Crippen LogP contribution in [0.5, 0.6) is 0 Å². The van der Waals surface area contributed by atoms with Gasteiger partial charge in [0.15, 0.2) is 5.78 Å². The van der Waals surface area contributed by atoms with Gasteiger partial charge in [-0.2, -0.15) is 0 Å². The topological polar surface area (TPSA) is 66.8 Å². The molecule has 2 aromatic carbocycles. The van der Waals surface area contributed by atoms with Gasteiger partial charge in [0.25, 0.3) is 0 Å². The van der Waals surface area contributed by atoms with Gasteiger partial charge in [-0.25, -0.2) is 4.79 Å². The van der Waals surface area contributed by atoms with Crippen molar-refractivity contribution >= 4 is 17.4 Å². The summed E-state index contributed by atoms with van der Waals surface area (Å²) in [7, 11) is 0. The molecular formula is C20H21NO4. The van der Waals surface area contributed by atoms with Gasteiger partial charge in [-0.3, -0.25) is 4.79 Å². The number of hydrogen-bond acceptors (Lipinski definition) is 4. The van der Waals surface area contributed by atoms with Gasteiger partial charge in [-0.1, -0.05) is 18.2 Å². The number of ketones is 1. The van der Waals surface area contributed by atoms with Gasteiger partial charge in [0, 0.05) is 30.0 Å². The van der Waals surface area contributed by atoms with Crippen molar-refractivity contribution in [1.29, 1.82) is 0 Å². The van der Waals surface area contributed by atoms with Gasteiger partial charge in [-0.15, -0.1) is 0 Å². The van der Waals surface area contributed by atoms with Crippen LogP contribution in [0.4, 0.5) is 5.69 Å². The highest BCUT2D eigenvalue weighted by atomic mass is 16.5. The van der Waals surface area contributed by atoms with Crippen LogP contribution in [0.15, 0.2) is 48.5 Å². The minimum Gasteiger partial charge on any atom is -0.478 e. The Bertz CT molecular complexity index is 770. The number of rotatable bonds is 6. The highest BCUT2D eigenvalue weighted by molar-refractivity contribution is 6.14. The third kappa shape index (κ3) is 3.56. The molecule has 1 heterocycles. The number of aromatic carboxylic acids is 1. The van der Waals surface area contributed by atoms with Gasteiger partial charge < -0.3 is 14.7 Å². The zero-order valence-corrected chi connectivity index (χ0v) is 14.1. The zero-order chi connectivity index (χ0) is 17.8. The Balaban J connectivity index is 1.83. The van der Waals surface area contributed by atoms with E-state index < -0.39 is 5.97 Å². The first kappa shape index (κ1) is 17.2. The molecule has 0 spiro atoms. The van der Waals surface area contributed by atoms with Crippen molar-refractivity contribution in [2.75, 3.05) is 18.1 Å². The molecule has 130 valence electrons. The lowest BCUT2D eigenvalue weighted by atomic mass is 9.98. The summed E-state index contributed by atoms with van der Waals surface area (Å²) in [4.78, 5) is 26.2. The molecule has 1 aliphatic heterocycles. The van der Waals surface area contributed by atoms with Crippen LogP contribution < -0.4 is 4.90 Å². The van der Waals surface area contributed by atoms with E-state index in [0.717, 1.165) is 25.1 Å². The summed E-state index contributed by atoms with van der Waals surface area (Å²) in [6.07, 6.45) is 2.16. The van der Waals surface area contributed by atoms with E-state index in [1.54, 1.807) is 30.3 Å². The average molecular weight is 339 g/mol. The maximum absolute atomic E-state index is 12.7. The van der Waals surface area contributed by atoms with Crippen molar-refractivity contribution in [2.24, 2.45) is 0 Å². The molecule has 0 amide bonds. The van der Waals surface area contributed by atoms with E-state index in [2.05, 4.69) is 4.90 Å². The summed E-state index contributed by atoms with van der Waals surface area (Å²) < 4.78 is 5.75. The lowest BCUT2D eigenvalue weighted by Crippen LogP contribution is -2.31. The molecule has 1 N–H and O–H groups in total. The molecule has 0 aromatic heterocycles. The first-order valence-electron chi connectivity index (χ1n) is 8.47. The largest absolute Gasteiger partial charge is 0.478 e. The van der Waals surface area contributed by atoms with Crippen LogP contribution in [-0.4, -0.2) is 36.2 Å². The Kier molecular flexibility index (Phi) is 5.14. The minimum atomic E-state index is -1.10. The summed E-state index contributed by atoms with van der Waals surface area (Å²) in [6.45, 7) is 3.58. The predicted octanol–water partition coefficient (Wildman–Crippen LogP) is 3.58. The van der Waals surface area contributed by atoms with Gasteiger partial charge in [0.2, 0.25) is 0 Å². The Hall–Kier alpha value is -2.66. The predicted molar refractivity (Wildman–Crippen MR) is 95.3 cm³/mol. The maximum Gasteiger partial charge on any atom is 0.336 e. The molecule has 5 nitrogen and oxygen atoms in total. The number of carbonyl (C=O) groups excluding carboxylic acids is 1. The fourth-order valence-corrected chi connectivity index (χ4v) is 3.22. The van der Waals surface area contributed by atoms with E-state index in [4.69, 9.17) is 4.74 Å². The van der Waals surface area contributed by atoms with Crippen LogP contribution >= 0.6 is 0 Å². The number of nitrogens with zero attached hydrogens (tertiary/aromatic N) is 1. The number of benzene rings is 2.